The van der Waals surface area contributed by atoms with Crippen LogP contribution < -0.4 is 0 Å². The maximum Gasteiger partial charge on any atom is 0.130 e. The molecule has 2 aliphatic heterocycles. The summed E-state index contributed by atoms with van der Waals surface area (Å²) >= 11 is 3.09. The Bertz CT molecular complexity index is 204. The van der Waals surface area contributed by atoms with Gasteiger partial charge in [0, 0.05) is 6.42 Å². The first-order valence-corrected chi connectivity index (χ1v) is 4.76. The molecule has 4 heteroatoms. The van der Waals surface area contributed by atoms with Crippen molar-refractivity contribution in [1.29, 1.82) is 0 Å². The van der Waals surface area contributed by atoms with Crippen molar-refractivity contribution in [2.75, 3.05) is 0 Å². The number of fused-ring (bicyclic) bond motifs is 3. The molecule has 53 valence electrons. The van der Waals surface area contributed by atoms with Crippen LogP contribution in [0, 0.1) is 6.42 Å². The van der Waals surface area contributed by atoms with Crippen molar-refractivity contribution in [2.45, 2.75) is 16.6 Å². The van der Waals surface area contributed by atoms with Crippen molar-refractivity contribution in [1.82, 2.24) is 0 Å². The minimum Gasteiger partial charge on any atom is -0.428 e. The number of allylic oxidation sites excluding steroid dienone is 1. The molecule has 0 aromatic heterocycles. The third kappa shape index (κ3) is 0.575. The van der Waals surface area contributed by atoms with E-state index in [-0.39, 0.29) is 0 Å². The Labute approximate surface area is 67.7 Å². The summed E-state index contributed by atoms with van der Waals surface area (Å²) in [6.45, 7) is 0. The summed E-state index contributed by atoms with van der Waals surface area (Å²) in [6, 6.07) is 0. The van der Waals surface area contributed by atoms with E-state index < -0.39 is 0 Å². The van der Waals surface area contributed by atoms with Crippen molar-refractivity contribution in [3.63, 3.8) is 0 Å². The van der Waals surface area contributed by atoms with E-state index in [0.717, 1.165) is 5.76 Å². The maximum absolute atomic E-state index is 5.31. The summed E-state index contributed by atoms with van der Waals surface area (Å²) in [5, 5.41) is 1.08. The minimum atomic E-state index is 0.392. The summed E-state index contributed by atoms with van der Waals surface area (Å²) in [6.07, 6.45) is 4.62. The molecule has 0 aromatic carbocycles. The Morgan fingerprint density at radius 1 is 1.40 bits per heavy atom. The molecule has 2 saturated heterocycles. The zero-order valence-corrected chi connectivity index (χ0v) is 6.65. The minimum absolute atomic E-state index is 0.392. The molecular weight excluding hydrogens is 168 g/mol. The lowest BCUT2D eigenvalue weighted by atomic mass is 10.0. The van der Waals surface area contributed by atoms with Crippen molar-refractivity contribution >= 4 is 24.1 Å². The first kappa shape index (κ1) is 5.80. The van der Waals surface area contributed by atoms with E-state index >= 15 is 0 Å². The summed E-state index contributed by atoms with van der Waals surface area (Å²) in [4.78, 5) is 0. The zero-order chi connectivity index (χ0) is 6.55. The molecule has 2 heterocycles. The van der Waals surface area contributed by atoms with Crippen molar-refractivity contribution in [3.05, 3.63) is 18.3 Å². The second-order valence-electron chi connectivity index (χ2n) is 2.48. The number of hydrogen-bond acceptors (Lipinski definition) is 4. The van der Waals surface area contributed by atoms with E-state index in [2.05, 4.69) is 12.5 Å². The molecule has 1 aliphatic carbocycles. The van der Waals surface area contributed by atoms with Crippen LogP contribution in [-0.2, 0) is 8.37 Å². The normalized spacial score (nSPS) is 48.8. The second-order valence-corrected chi connectivity index (χ2v) is 4.28. The van der Waals surface area contributed by atoms with Crippen LogP contribution in [0.5, 0.6) is 0 Å². The third-order valence-corrected chi connectivity index (χ3v) is 3.86. The summed E-state index contributed by atoms with van der Waals surface area (Å²) in [7, 11) is 0. The van der Waals surface area contributed by atoms with Gasteiger partial charge in [0.15, 0.2) is 0 Å². The predicted molar refractivity (Wildman–Crippen MR) is 41.1 cm³/mol. The van der Waals surface area contributed by atoms with Crippen LogP contribution in [0.4, 0.5) is 0 Å². The monoisotopic (exact) mass is 173 g/mol. The molecule has 0 spiro atoms. The standard InChI is InChI=1S/C6H5O2S2/c1-2-4-5(8-9-4)6-3(1)7-10-6/h1-2,4-6H. The average Bonchev–Trinajstić information content (AvgIpc) is 1.84. The maximum atomic E-state index is 5.31. The highest BCUT2D eigenvalue weighted by molar-refractivity contribution is 7.98. The Morgan fingerprint density at radius 3 is 2.90 bits per heavy atom. The van der Waals surface area contributed by atoms with E-state index in [1.54, 1.807) is 12.0 Å². The highest BCUT2D eigenvalue weighted by Crippen LogP contribution is 2.51. The Kier molecular flexibility index (Phi) is 1.08. The fourth-order valence-electron chi connectivity index (χ4n) is 1.24. The number of rotatable bonds is 0. The van der Waals surface area contributed by atoms with Gasteiger partial charge in [-0.25, -0.2) is 0 Å². The zero-order valence-electron chi connectivity index (χ0n) is 5.02. The Morgan fingerprint density at radius 2 is 2.40 bits per heavy atom. The van der Waals surface area contributed by atoms with Gasteiger partial charge in [0.25, 0.3) is 0 Å². The SMILES string of the molecule is [CH]1C=C2OSC2C2OSC12. The average molecular weight is 173 g/mol. The van der Waals surface area contributed by atoms with Crippen LogP contribution in [0.15, 0.2) is 11.8 Å². The predicted octanol–water partition coefficient (Wildman–Crippen LogP) is 1.55. The van der Waals surface area contributed by atoms with E-state index in [4.69, 9.17) is 8.37 Å². The summed E-state index contributed by atoms with van der Waals surface area (Å²) in [5.74, 6) is 1.09. The van der Waals surface area contributed by atoms with Crippen LogP contribution in [0.25, 0.3) is 0 Å². The number of hydrogen-bond donors (Lipinski definition) is 0. The third-order valence-electron chi connectivity index (χ3n) is 1.88. The Balaban J connectivity index is 1.91. The van der Waals surface area contributed by atoms with Gasteiger partial charge in [-0.15, -0.1) is 0 Å². The van der Waals surface area contributed by atoms with Gasteiger partial charge in [0.2, 0.25) is 0 Å². The first-order chi connectivity index (χ1) is 4.95. The van der Waals surface area contributed by atoms with Crippen LogP contribution in [0.3, 0.4) is 0 Å². The molecule has 0 amide bonds. The quantitative estimate of drug-likeness (QED) is 0.517. The molecule has 3 unspecified atom stereocenters. The van der Waals surface area contributed by atoms with Crippen LogP contribution in [0.1, 0.15) is 0 Å². The van der Waals surface area contributed by atoms with Gasteiger partial charge in [-0.1, -0.05) is 0 Å². The summed E-state index contributed by atoms with van der Waals surface area (Å²) < 4.78 is 10.5. The molecule has 0 aromatic rings. The van der Waals surface area contributed by atoms with Gasteiger partial charge in [-0.05, 0) is 18.1 Å². The molecule has 0 N–H and O–H groups in total. The molecule has 0 saturated carbocycles. The molecule has 2 nitrogen and oxygen atoms in total. The molecule has 10 heavy (non-hydrogen) atoms. The topological polar surface area (TPSA) is 18.5 Å². The van der Waals surface area contributed by atoms with Crippen LogP contribution >= 0.6 is 24.1 Å². The molecular formula is C6H5O2S2. The highest BCUT2D eigenvalue weighted by atomic mass is 32.2. The second kappa shape index (κ2) is 1.87. The van der Waals surface area contributed by atoms with Gasteiger partial charge in [0.05, 0.1) is 17.3 Å². The van der Waals surface area contributed by atoms with E-state index in [0.29, 0.717) is 16.6 Å². The fourth-order valence-corrected chi connectivity index (χ4v) is 2.97. The lowest BCUT2D eigenvalue weighted by Gasteiger charge is -2.45. The largest absolute Gasteiger partial charge is 0.428 e. The summed E-state index contributed by atoms with van der Waals surface area (Å²) in [5.41, 5.74) is 0. The van der Waals surface area contributed by atoms with Crippen LogP contribution in [0.2, 0.25) is 0 Å². The van der Waals surface area contributed by atoms with Gasteiger partial charge < -0.3 is 8.37 Å². The van der Waals surface area contributed by atoms with Crippen molar-refractivity contribution < 1.29 is 8.37 Å². The lowest BCUT2D eigenvalue weighted by molar-refractivity contribution is 0.166. The van der Waals surface area contributed by atoms with Gasteiger partial charge >= 0.3 is 0 Å². The molecule has 1 radical (unpaired) electrons. The lowest BCUT2D eigenvalue weighted by Crippen LogP contribution is -2.49. The molecule has 3 rings (SSSR count). The van der Waals surface area contributed by atoms with Crippen molar-refractivity contribution in [3.8, 4) is 0 Å². The van der Waals surface area contributed by atoms with Gasteiger partial charge in [-0.3, -0.25) is 0 Å². The van der Waals surface area contributed by atoms with Gasteiger partial charge in [0.1, 0.15) is 17.1 Å². The smallest absolute Gasteiger partial charge is 0.130 e. The first-order valence-electron chi connectivity index (χ1n) is 3.16. The van der Waals surface area contributed by atoms with Crippen LogP contribution in [-0.4, -0.2) is 16.6 Å². The van der Waals surface area contributed by atoms with Crippen molar-refractivity contribution in [2.24, 2.45) is 0 Å². The molecule has 3 atom stereocenters. The molecule has 2 fully saturated rings. The van der Waals surface area contributed by atoms with E-state index in [1.165, 1.54) is 12.0 Å². The van der Waals surface area contributed by atoms with E-state index in [9.17, 15) is 0 Å². The van der Waals surface area contributed by atoms with E-state index in [1.807, 2.05) is 0 Å². The Hall–Kier alpha value is 0.200. The molecule has 3 aliphatic rings. The van der Waals surface area contributed by atoms with Gasteiger partial charge in [-0.2, -0.15) is 0 Å². The fraction of sp³-hybridized carbons (Fsp3) is 0.500. The molecule has 0 bridgehead atoms. The highest BCUT2D eigenvalue weighted by Gasteiger charge is 2.50.